The maximum Gasteiger partial charge on any atom is 0.411 e. The maximum absolute atomic E-state index is 12.0. The van der Waals surface area contributed by atoms with E-state index in [0.29, 0.717) is 4.47 Å². The summed E-state index contributed by atoms with van der Waals surface area (Å²) >= 11 is 3.35. The van der Waals surface area contributed by atoms with Crippen LogP contribution in [0.5, 0.6) is 0 Å². The van der Waals surface area contributed by atoms with Crippen molar-refractivity contribution in [3.05, 3.63) is 16.0 Å². The summed E-state index contributed by atoms with van der Waals surface area (Å²) in [5.74, 6) is 0.723. The molecule has 0 aliphatic heterocycles. The zero-order chi connectivity index (χ0) is 14.8. The summed E-state index contributed by atoms with van der Waals surface area (Å²) in [5, 5.41) is 0. The Morgan fingerprint density at radius 1 is 1.25 bits per heavy atom. The van der Waals surface area contributed by atoms with Crippen LogP contribution in [0, 0.1) is 0 Å². The van der Waals surface area contributed by atoms with Gasteiger partial charge in [-0.15, -0.1) is 0 Å². The van der Waals surface area contributed by atoms with Gasteiger partial charge in [-0.3, -0.25) is 0 Å². The number of anilines is 1. The standard InChI is InChI=1S/C12H15BrF3N3O/c13-9-10(7-3-1-2-4-7)18-8(19-11(9)17)5-20-6-12(14,15)16/h7H,1-6H2,(H2,17,18,19). The number of hydrogen-bond acceptors (Lipinski definition) is 4. The van der Waals surface area contributed by atoms with Crippen molar-refractivity contribution in [2.24, 2.45) is 0 Å². The van der Waals surface area contributed by atoms with Gasteiger partial charge >= 0.3 is 6.18 Å². The van der Waals surface area contributed by atoms with Crippen molar-refractivity contribution in [2.75, 3.05) is 12.3 Å². The van der Waals surface area contributed by atoms with Gasteiger partial charge in [0.25, 0.3) is 0 Å². The molecular formula is C12H15BrF3N3O. The summed E-state index contributed by atoms with van der Waals surface area (Å²) in [7, 11) is 0. The Kier molecular flexibility index (Phi) is 4.85. The fourth-order valence-corrected chi connectivity index (χ4v) is 2.83. The number of alkyl halides is 3. The molecule has 0 saturated heterocycles. The Morgan fingerprint density at radius 2 is 1.90 bits per heavy atom. The lowest BCUT2D eigenvalue weighted by Gasteiger charge is -2.14. The van der Waals surface area contributed by atoms with Gasteiger partial charge in [-0.1, -0.05) is 12.8 Å². The molecule has 0 amide bonds. The Morgan fingerprint density at radius 3 is 2.50 bits per heavy atom. The summed E-state index contributed by atoms with van der Waals surface area (Å²) in [6.07, 6.45) is -0.0766. The van der Waals surface area contributed by atoms with E-state index in [4.69, 9.17) is 5.73 Å². The number of hydrogen-bond donors (Lipinski definition) is 1. The molecule has 0 spiro atoms. The first kappa shape index (κ1) is 15.5. The Bertz CT molecular complexity index is 476. The average Bonchev–Trinajstić information content (AvgIpc) is 2.85. The predicted molar refractivity (Wildman–Crippen MR) is 71.1 cm³/mol. The molecule has 2 N–H and O–H groups in total. The zero-order valence-electron chi connectivity index (χ0n) is 10.7. The van der Waals surface area contributed by atoms with Crippen molar-refractivity contribution in [3.8, 4) is 0 Å². The van der Waals surface area contributed by atoms with Gasteiger partial charge in [-0.25, -0.2) is 9.97 Å². The van der Waals surface area contributed by atoms with Gasteiger partial charge < -0.3 is 10.5 Å². The highest BCUT2D eigenvalue weighted by Gasteiger charge is 2.28. The maximum atomic E-state index is 12.0. The molecule has 8 heteroatoms. The van der Waals surface area contributed by atoms with Crippen molar-refractivity contribution in [1.82, 2.24) is 9.97 Å². The van der Waals surface area contributed by atoms with E-state index in [-0.39, 0.29) is 24.2 Å². The number of nitrogens with two attached hydrogens (primary N) is 1. The first-order chi connectivity index (χ1) is 9.37. The molecule has 1 heterocycles. The second-order valence-corrected chi connectivity index (χ2v) is 5.61. The summed E-state index contributed by atoms with van der Waals surface area (Å²) in [5.41, 5.74) is 6.55. The molecule has 1 aromatic heterocycles. The SMILES string of the molecule is Nc1nc(COCC(F)(F)F)nc(C2CCCC2)c1Br. The number of halogens is 4. The molecule has 0 unspecified atom stereocenters. The van der Waals surface area contributed by atoms with Crippen molar-refractivity contribution in [2.45, 2.75) is 44.4 Å². The third-order valence-electron chi connectivity index (χ3n) is 3.19. The summed E-state index contributed by atoms with van der Waals surface area (Å²) < 4.78 is 41.3. The van der Waals surface area contributed by atoms with Gasteiger partial charge in [0.05, 0.1) is 10.2 Å². The molecule has 1 aliphatic rings. The van der Waals surface area contributed by atoms with Crippen LogP contribution in [0.25, 0.3) is 0 Å². The van der Waals surface area contributed by atoms with E-state index in [0.717, 1.165) is 31.4 Å². The van der Waals surface area contributed by atoms with Crippen molar-refractivity contribution in [3.63, 3.8) is 0 Å². The molecule has 2 rings (SSSR count). The van der Waals surface area contributed by atoms with Crippen LogP contribution in [-0.2, 0) is 11.3 Å². The molecule has 20 heavy (non-hydrogen) atoms. The molecule has 4 nitrogen and oxygen atoms in total. The van der Waals surface area contributed by atoms with E-state index in [1.54, 1.807) is 0 Å². The molecule has 0 radical (unpaired) electrons. The molecule has 0 bridgehead atoms. The van der Waals surface area contributed by atoms with Gasteiger partial charge in [0.1, 0.15) is 19.0 Å². The lowest BCUT2D eigenvalue weighted by Crippen LogP contribution is -2.18. The molecular weight excluding hydrogens is 339 g/mol. The average molecular weight is 354 g/mol. The molecule has 0 aromatic carbocycles. The third-order valence-corrected chi connectivity index (χ3v) is 4.00. The molecule has 1 aliphatic carbocycles. The first-order valence-corrected chi connectivity index (χ1v) is 7.12. The van der Waals surface area contributed by atoms with E-state index < -0.39 is 12.8 Å². The van der Waals surface area contributed by atoms with Gasteiger partial charge in [0.15, 0.2) is 5.82 Å². The Balaban J connectivity index is 2.09. The van der Waals surface area contributed by atoms with E-state index in [1.165, 1.54) is 0 Å². The predicted octanol–water partition coefficient (Wildman–Crippen LogP) is 3.56. The lowest BCUT2D eigenvalue weighted by molar-refractivity contribution is -0.177. The van der Waals surface area contributed by atoms with Crippen molar-refractivity contribution in [1.29, 1.82) is 0 Å². The van der Waals surface area contributed by atoms with Gasteiger partial charge in [0.2, 0.25) is 0 Å². The van der Waals surface area contributed by atoms with Crippen LogP contribution in [0.15, 0.2) is 4.47 Å². The van der Waals surface area contributed by atoms with E-state index in [1.807, 2.05) is 0 Å². The van der Waals surface area contributed by atoms with Crippen LogP contribution in [0.3, 0.4) is 0 Å². The van der Waals surface area contributed by atoms with E-state index in [9.17, 15) is 13.2 Å². The topological polar surface area (TPSA) is 61.0 Å². The van der Waals surface area contributed by atoms with Crippen LogP contribution in [0.4, 0.5) is 19.0 Å². The zero-order valence-corrected chi connectivity index (χ0v) is 12.3. The highest BCUT2D eigenvalue weighted by atomic mass is 79.9. The first-order valence-electron chi connectivity index (χ1n) is 6.33. The minimum absolute atomic E-state index is 0.192. The van der Waals surface area contributed by atoms with E-state index >= 15 is 0 Å². The van der Waals surface area contributed by atoms with Crippen molar-refractivity contribution >= 4 is 21.7 Å². The summed E-state index contributed by atoms with van der Waals surface area (Å²) in [6, 6.07) is 0. The Labute approximate surface area is 123 Å². The molecule has 0 atom stereocenters. The highest BCUT2D eigenvalue weighted by Crippen LogP contribution is 2.38. The summed E-state index contributed by atoms with van der Waals surface area (Å²) in [6.45, 7) is -1.61. The lowest BCUT2D eigenvalue weighted by atomic mass is 10.0. The minimum atomic E-state index is -4.35. The fourth-order valence-electron chi connectivity index (χ4n) is 2.32. The van der Waals surface area contributed by atoms with Crippen LogP contribution >= 0.6 is 15.9 Å². The monoisotopic (exact) mass is 353 g/mol. The smallest absolute Gasteiger partial charge is 0.383 e. The molecule has 1 saturated carbocycles. The van der Waals surface area contributed by atoms with Crippen LogP contribution < -0.4 is 5.73 Å². The minimum Gasteiger partial charge on any atom is -0.383 e. The number of nitrogens with zero attached hydrogens (tertiary/aromatic N) is 2. The number of nitrogen functional groups attached to an aromatic ring is 1. The summed E-state index contributed by atoms with van der Waals surface area (Å²) in [4.78, 5) is 8.26. The van der Waals surface area contributed by atoms with Gasteiger partial charge in [-0.05, 0) is 28.8 Å². The van der Waals surface area contributed by atoms with E-state index in [2.05, 4.69) is 30.6 Å². The second kappa shape index (κ2) is 6.26. The third kappa shape index (κ3) is 4.05. The Hall–Kier alpha value is -0.890. The second-order valence-electron chi connectivity index (χ2n) is 4.81. The largest absolute Gasteiger partial charge is 0.411 e. The normalized spacial score (nSPS) is 16.8. The fraction of sp³-hybridized carbons (Fsp3) is 0.667. The highest BCUT2D eigenvalue weighted by molar-refractivity contribution is 9.10. The number of ether oxygens (including phenoxy) is 1. The van der Waals surface area contributed by atoms with Gasteiger partial charge in [-0.2, -0.15) is 13.2 Å². The molecule has 1 aromatic rings. The number of aromatic nitrogens is 2. The number of rotatable bonds is 4. The molecule has 112 valence electrons. The van der Waals surface area contributed by atoms with Gasteiger partial charge in [0, 0.05) is 5.92 Å². The van der Waals surface area contributed by atoms with Crippen molar-refractivity contribution < 1.29 is 17.9 Å². The molecule has 1 fully saturated rings. The van der Waals surface area contributed by atoms with Crippen LogP contribution in [-0.4, -0.2) is 22.8 Å². The quantitative estimate of drug-likeness (QED) is 0.898. The van der Waals surface area contributed by atoms with Crippen LogP contribution in [0.1, 0.15) is 43.1 Å². The van der Waals surface area contributed by atoms with Crippen LogP contribution in [0.2, 0.25) is 0 Å².